The molecule has 0 saturated carbocycles. The Morgan fingerprint density at radius 2 is 1.60 bits per heavy atom. The first kappa shape index (κ1) is 15.7. The highest BCUT2D eigenvalue weighted by molar-refractivity contribution is 6.09. The Hall–Kier alpha value is -2.85. The summed E-state index contributed by atoms with van der Waals surface area (Å²) in [6.07, 6.45) is 0. The minimum absolute atomic E-state index is 0.0804. The molecule has 3 aromatic rings. The van der Waals surface area contributed by atoms with Crippen LogP contribution < -0.4 is 15.5 Å². The first-order chi connectivity index (χ1) is 12.3. The number of nitrogens with one attached hydrogen (secondary N) is 2. The lowest BCUT2D eigenvalue weighted by Gasteiger charge is -2.29. The average molecular weight is 331 g/mol. The number of anilines is 2. The second-order valence-corrected chi connectivity index (χ2v) is 6.26. The monoisotopic (exact) mass is 331 g/mol. The van der Waals surface area contributed by atoms with E-state index in [9.17, 15) is 4.79 Å². The zero-order valence-corrected chi connectivity index (χ0v) is 14.0. The van der Waals surface area contributed by atoms with Gasteiger partial charge in [0.05, 0.1) is 0 Å². The van der Waals surface area contributed by atoms with Crippen LogP contribution in [0, 0.1) is 0 Å². The van der Waals surface area contributed by atoms with Crippen molar-refractivity contribution < 1.29 is 4.79 Å². The maximum atomic E-state index is 12.6. The van der Waals surface area contributed by atoms with Crippen molar-refractivity contribution in [3.63, 3.8) is 0 Å². The first-order valence-corrected chi connectivity index (χ1v) is 8.66. The smallest absolute Gasteiger partial charge is 0.255 e. The molecular formula is C21H21N3O. The van der Waals surface area contributed by atoms with E-state index in [1.165, 1.54) is 5.69 Å². The van der Waals surface area contributed by atoms with Crippen molar-refractivity contribution in [2.75, 3.05) is 36.4 Å². The summed E-state index contributed by atoms with van der Waals surface area (Å²) in [5.74, 6) is -0.0804. The standard InChI is InChI=1S/C21H21N3O/c25-21(23-20-7-3-5-16-4-1-2-6-19(16)20)17-8-10-18(11-9-17)24-14-12-22-13-15-24/h1-11,22H,12-15H2,(H,23,25). The normalized spacial score (nSPS) is 14.5. The SMILES string of the molecule is O=C(Nc1cccc2ccccc12)c1ccc(N2CCNCC2)cc1. The van der Waals surface area contributed by atoms with E-state index in [2.05, 4.69) is 15.5 Å². The second-order valence-electron chi connectivity index (χ2n) is 6.26. The lowest BCUT2D eigenvalue weighted by molar-refractivity contribution is 0.102. The molecule has 1 aliphatic heterocycles. The van der Waals surface area contributed by atoms with Crippen LogP contribution in [-0.2, 0) is 0 Å². The van der Waals surface area contributed by atoms with Gasteiger partial charge in [0.2, 0.25) is 0 Å². The van der Waals surface area contributed by atoms with Gasteiger partial charge in [-0.1, -0.05) is 36.4 Å². The third-order valence-corrected chi connectivity index (χ3v) is 4.65. The highest BCUT2D eigenvalue weighted by Gasteiger charge is 2.12. The zero-order valence-electron chi connectivity index (χ0n) is 14.0. The number of rotatable bonds is 3. The summed E-state index contributed by atoms with van der Waals surface area (Å²) < 4.78 is 0. The van der Waals surface area contributed by atoms with Gasteiger partial charge in [-0.3, -0.25) is 4.79 Å². The number of fused-ring (bicyclic) bond motifs is 1. The summed E-state index contributed by atoms with van der Waals surface area (Å²) in [6.45, 7) is 4.01. The molecule has 0 atom stereocenters. The van der Waals surface area contributed by atoms with Crippen LogP contribution in [0.4, 0.5) is 11.4 Å². The van der Waals surface area contributed by atoms with Crippen molar-refractivity contribution in [1.82, 2.24) is 5.32 Å². The molecule has 1 saturated heterocycles. The molecule has 4 heteroatoms. The van der Waals surface area contributed by atoms with Crippen LogP contribution in [0.2, 0.25) is 0 Å². The number of hydrogen-bond donors (Lipinski definition) is 2. The first-order valence-electron chi connectivity index (χ1n) is 8.66. The zero-order chi connectivity index (χ0) is 17.1. The number of piperazine rings is 1. The third-order valence-electron chi connectivity index (χ3n) is 4.65. The Kier molecular flexibility index (Phi) is 4.36. The third kappa shape index (κ3) is 3.35. The van der Waals surface area contributed by atoms with Gasteiger partial charge in [-0.25, -0.2) is 0 Å². The Morgan fingerprint density at radius 1 is 0.880 bits per heavy atom. The van der Waals surface area contributed by atoms with Crippen LogP contribution in [0.15, 0.2) is 66.7 Å². The summed E-state index contributed by atoms with van der Waals surface area (Å²) in [4.78, 5) is 14.9. The van der Waals surface area contributed by atoms with Gasteiger partial charge in [0.25, 0.3) is 5.91 Å². The van der Waals surface area contributed by atoms with Gasteiger partial charge in [0, 0.05) is 48.5 Å². The molecule has 1 aliphatic rings. The van der Waals surface area contributed by atoms with Crippen LogP contribution in [0.5, 0.6) is 0 Å². The average Bonchev–Trinajstić information content (AvgIpc) is 2.69. The quantitative estimate of drug-likeness (QED) is 0.772. The van der Waals surface area contributed by atoms with Crippen LogP contribution in [0.25, 0.3) is 10.8 Å². The lowest BCUT2D eigenvalue weighted by atomic mass is 10.1. The molecule has 2 N–H and O–H groups in total. The lowest BCUT2D eigenvalue weighted by Crippen LogP contribution is -2.43. The molecule has 25 heavy (non-hydrogen) atoms. The Balaban J connectivity index is 1.52. The van der Waals surface area contributed by atoms with Gasteiger partial charge < -0.3 is 15.5 Å². The molecule has 4 nitrogen and oxygen atoms in total. The van der Waals surface area contributed by atoms with Crippen molar-refractivity contribution in [1.29, 1.82) is 0 Å². The summed E-state index contributed by atoms with van der Waals surface area (Å²) in [5.41, 5.74) is 2.68. The van der Waals surface area contributed by atoms with Gasteiger partial charge >= 0.3 is 0 Å². The topological polar surface area (TPSA) is 44.4 Å². The van der Waals surface area contributed by atoms with E-state index in [1.807, 2.05) is 66.7 Å². The summed E-state index contributed by atoms with van der Waals surface area (Å²) in [5, 5.41) is 8.56. The van der Waals surface area contributed by atoms with Gasteiger partial charge in [0.1, 0.15) is 0 Å². The van der Waals surface area contributed by atoms with Crippen molar-refractivity contribution in [2.24, 2.45) is 0 Å². The highest BCUT2D eigenvalue weighted by Crippen LogP contribution is 2.24. The molecule has 0 aliphatic carbocycles. The molecule has 1 fully saturated rings. The molecule has 0 unspecified atom stereocenters. The minimum Gasteiger partial charge on any atom is -0.369 e. The van der Waals surface area contributed by atoms with E-state index in [1.54, 1.807) is 0 Å². The second kappa shape index (κ2) is 6.95. The summed E-state index contributed by atoms with van der Waals surface area (Å²) in [7, 11) is 0. The number of hydrogen-bond acceptors (Lipinski definition) is 3. The fourth-order valence-electron chi connectivity index (χ4n) is 3.28. The van der Waals surface area contributed by atoms with E-state index in [-0.39, 0.29) is 5.91 Å². The fourth-order valence-corrected chi connectivity index (χ4v) is 3.28. The highest BCUT2D eigenvalue weighted by atomic mass is 16.1. The number of benzene rings is 3. The van der Waals surface area contributed by atoms with E-state index in [0.717, 1.165) is 42.6 Å². The fraction of sp³-hybridized carbons (Fsp3) is 0.190. The number of carbonyl (C=O) groups excluding carboxylic acids is 1. The van der Waals surface area contributed by atoms with Gasteiger partial charge in [-0.15, -0.1) is 0 Å². The Labute approximate surface area is 147 Å². The van der Waals surface area contributed by atoms with Crippen LogP contribution in [-0.4, -0.2) is 32.1 Å². The molecule has 0 bridgehead atoms. The minimum atomic E-state index is -0.0804. The van der Waals surface area contributed by atoms with Crippen LogP contribution in [0.1, 0.15) is 10.4 Å². The maximum absolute atomic E-state index is 12.6. The van der Waals surface area contributed by atoms with Crippen LogP contribution >= 0.6 is 0 Å². The largest absolute Gasteiger partial charge is 0.369 e. The van der Waals surface area contributed by atoms with Crippen molar-refractivity contribution in [3.05, 3.63) is 72.3 Å². The van der Waals surface area contributed by atoms with Gasteiger partial charge in [-0.05, 0) is 35.7 Å². The molecule has 126 valence electrons. The van der Waals surface area contributed by atoms with E-state index in [4.69, 9.17) is 0 Å². The molecule has 0 aromatic heterocycles. The number of carbonyl (C=O) groups is 1. The van der Waals surface area contributed by atoms with Gasteiger partial charge in [-0.2, -0.15) is 0 Å². The molecule has 1 heterocycles. The molecule has 0 radical (unpaired) electrons. The predicted molar refractivity (Wildman–Crippen MR) is 103 cm³/mol. The summed E-state index contributed by atoms with van der Waals surface area (Å²) in [6, 6.07) is 21.9. The van der Waals surface area contributed by atoms with Crippen molar-refractivity contribution in [3.8, 4) is 0 Å². The maximum Gasteiger partial charge on any atom is 0.255 e. The van der Waals surface area contributed by atoms with Gasteiger partial charge in [0.15, 0.2) is 0 Å². The van der Waals surface area contributed by atoms with Crippen molar-refractivity contribution in [2.45, 2.75) is 0 Å². The van der Waals surface area contributed by atoms with E-state index >= 15 is 0 Å². The molecule has 0 spiro atoms. The van der Waals surface area contributed by atoms with Crippen molar-refractivity contribution >= 4 is 28.1 Å². The Bertz CT molecular complexity index is 878. The number of nitrogens with zero attached hydrogens (tertiary/aromatic N) is 1. The molecule has 1 amide bonds. The molecular weight excluding hydrogens is 310 g/mol. The Morgan fingerprint density at radius 3 is 2.40 bits per heavy atom. The molecule has 3 aromatic carbocycles. The van der Waals surface area contributed by atoms with E-state index < -0.39 is 0 Å². The number of amides is 1. The predicted octanol–water partition coefficient (Wildman–Crippen LogP) is 3.50. The summed E-state index contributed by atoms with van der Waals surface area (Å²) >= 11 is 0. The molecule has 4 rings (SSSR count). The van der Waals surface area contributed by atoms with Crippen LogP contribution in [0.3, 0.4) is 0 Å². The van der Waals surface area contributed by atoms with E-state index in [0.29, 0.717) is 5.56 Å².